The summed E-state index contributed by atoms with van der Waals surface area (Å²) in [5, 5.41) is 6.10. The average molecular weight is 396 g/mol. The van der Waals surface area contributed by atoms with E-state index in [0.717, 1.165) is 5.56 Å². The molecule has 0 radical (unpaired) electrons. The number of hydrogen-bond donors (Lipinski definition) is 1. The molecule has 0 bridgehead atoms. The predicted octanol–water partition coefficient (Wildman–Crippen LogP) is 5.64. The predicted molar refractivity (Wildman–Crippen MR) is 93.4 cm³/mol. The second-order valence-electron chi connectivity index (χ2n) is 5.33. The van der Waals surface area contributed by atoms with E-state index in [1.54, 1.807) is 25.1 Å². The fourth-order valence-electron chi connectivity index (χ4n) is 2.03. The van der Waals surface area contributed by atoms with Gasteiger partial charge in [0.1, 0.15) is 4.33 Å². The SMILES string of the molecule is C[C@@]1(C(=O)Nc2nc(-c3ccc(Cl)cc3Cl)cs2)CC1(Cl)Cl. The fourth-order valence-corrected chi connectivity index (χ4v) is 3.95. The van der Waals surface area contributed by atoms with Gasteiger partial charge in [0.05, 0.1) is 16.1 Å². The van der Waals surface area contributed by atoms with Crippen LogP contribution in [0.3, 0.4) is 0 Å². The Labute approximate surface area is 151 Å². The molecule has 1 aromatic carbocycles. The number of nitrogens with zero attached hydrogens (tertiary/aromatic N) is 1. The molecule has 0 spiro atoms. The minimum atomic E-state index is -1.00. The Bertz CT molecular complexity index is 761. The quantitative estimate of drug-likeness (QED) is 0.683. The molecule has 1 aromatic heterocycles. The molecule has 1 heterocycles. The van der Waals surface area contributed by atoms with E-state index in [-0.39, 0.29) is 5.91 Å². The highest BCUT2D eigenvalue weighted by Crippen LogP contribution is 2.64. The summed E-state index contributed by atoms with van der Waals surface area (Å²) >= 11 is 25.4. The molecular formula is C14H10Cl4N2OS. The lowest BCUT2D eigenvalue weighted by Gasteiger charge is -2.10. The third-order valence-corrected chi connectivity index (χ3v) is 6.10. The fraction of sp³-hybridized carbons (Fsp3) is 0.286. The number of hydrogen-bond acceptors (Lipinski definition) is 3. The maximum absolute atomic E-state index is 12.2. The molecule has 0 saturated heterocycles. The highest BCUT2D eigenvalue weighted by atomic mass is 35.5. The van der Waals surface area contributed by atoms with Crippen molar-refractivity contribution >= 4 is 68.8 Å². The summed E-state index contributed by atoms with van der Waals surface area (Å²) in [4.78, 5) is 16.6. The molecule has 3 nitrogen and oxygen atoms in total. The third kappa shape index (κ3) is 2.83. The molecule has 1 N–H and O–H groups in total. The van der Waals surface area contributed by atoms with E-state index >= 15 is 0 Å². The first-order valence-electron chi connectivity index (χ1n) is 6.33. The number of aromatic nitrogens is 1. The molecule has 1 fully saturated rings. The van der Waals surface area contributed by atoms with Gasteiger partial charge >= 0.3 is 0 Å². The summed E-state index contributed by atoms with van der Waals surface area (Å²) in [5.74, 6) is -0.236. The minimum Gasteiger partial charge on any atom is -0.301 e. The highest BCUT2D eigenvalue weighted by molar-refractivity contribution is 7.14. The summed E-state index contributed by atoms with van der Waals surface area (Å²) in [6.45, 7) is 1.73. The Hall–Kier alpha value is -0.520. The molecule has 1 atom stereocenters. The average Bonchev–Trinajstić information content (AvgIpc) is 2.77. The summed E-state index contributed by atoms with van der Waals surface area (Å²) in [6, 6.07) is 5.17. The van der Waals surface area contributed by atoms with Gasteiger partial charge in [-0.05, 0) is 31.5 Å². The Kier molecular flexibility index (Phi) is 4.11. The number of thiazole rings is 1. The Balaban J connectivity index is 1.79. The van der Waals surface area contributed by atoms with Gasteiger partial charge in [-0.25, -0.2) is 4.98 Å². The molecule has 1 aliphatic carbocycles. The van der Waals surface area contributed by atoms with Crippen LogP contribution in [-0.2, 0) is 4.79 Å². The lowest BCUT2D eigenvalue weighted by molar-refractivity contribution is -0.120. The van der Waals surface area contributed by atoms with Gasteiger partial charge in [-0.3, -0.25) is 4.79 Å². The van der Waals surface area contributed by atoms with Crippen LogP contribution in [0.15, 0.2) is 23.6 Å². The lowest BCUT2D eigenvalue weighted by Crippen LogP contribution is -2.25. The third-order valence-electron chi connectivity index (χ3n) is 3.69. The van der Waals surface area contributed by atoms with Crippen LogP contribution in [0, 0.1) is 5.41 Å². The van der Waals surface area contributed by atoms with Crippen molar-refractivity contribution in [1.29, 1.82) is 0 Å². The highest BCUT2D eigenvalue weighted by Gasteiger charge is 2.68. The van der Waals surface area contributed by atoms with E-state index in [0.29, 0.717) is 27.3 Å². The van der Waals surface area contributed by atoms with Gasteiger partial charge in [0, 0.05) is 16.0 Å². The van der Waals surface area contributed by atoms with Crippen LogP contribution < -0.4 is 5.32 Å². The van der Waals surface area contributed by atoms with Gasteiger partial charge in [0.2, 0.25) is 5.91 Å². The van der Waals surface area contributed by atoms with E-state index in [1.165, 1.54) is 11.3 Å². The second-order valence-corrected chi connectivity index (χ2v) is 8.52. The first-order chi connectivity index (χ1) is 10.2. The molecule has 0 aliphatic heterocycles. The Morgan fingerprint density at radius 1 is 1.36 bits per heavy atom. The van der Waals surface area contributed by atoms with E-state index in [2.05, 4.69) is 10.3 Å². The number of alkyl halides is 2. The normalized spacial score (nSPS) is 22.4. The van der Waals surface area contributed by atoms with Gasteiger partial charge in [0.25, 0.3) is 0 Å². The summed E-state index contributed by atoms with van der Waals surface area (Å²) in [6.07, 6.45) is 0.427. The van der Waals surface area contributed by atoms with Crippen molar-refractivity contribution in [2.45, 2.75) is 17.7 Å². The molecule has 1 amide bonds. The number of amides is 1. The zero-order chi connectivity index (χ0) is 16.1. The molecule has 3 rings (SSSR count). The van der Waals surface area contributed by atoms with E-state index < -0.39 is 9.75 Å². The summed E-state index contributed by atoms with van der Waals surface area (Å²) in [7, 11) is 0. The van der Waals surface area contributed by atoms with Gasteiger partial charge in [0.15, 0.2) is 5.13 Å². The largest absolute Gasteiger partial charge is 0.301 e. The molecule has 2 aromatic rings. The second kappa shape index (κ2) is 5.53. The van der Waals surface area contributed by atoms with Crippen LogP contribution in [0.2, 0.25) is 10.0 Å². The van der Waals surface area contributed by atoms with Gasteiger partial charge in [-0.1, -0.05) is 23.2 Å². The number of rotatable bonds is 3. The Morgan fingerprint density at radius 2 is 2.05 bits per heavy atom. The van der Waals surface area contributed by atoms with E-state index in [4.69, 9.17) is 46.4 Å². The molecular weight excluding hydrogens is 386 g/mol. The van der Waals surface area contributed by atoms with E-state index in [9.17, 15) is 4.79 Å². The summed E-state index contributed by atoms with van der Waals surface area (Å²) < 4.78 is -1.00. The Morgan fingerprint density at radius 3 is 2.64 bits per heavy atom. The van der Waals surface area contributed by atoms with Crippen molar-refractivity contribution in [3.05, 3.63) is 33.6 Å². The van der Waals surface area contributed by atoms with Crippen LogP contribution in [0.4, 0.5) is 5.13 Å². The molecule has 1 aliphatic rings. The van der Waals surface area contributed by atoms with Gasteiger partial charge in [-0.15, -0.1) is 34.5 Å². The number of carbonyl (C=O) groups excluding carboxylic acids is 1. The van der Waals surface area contributed by atoms with Crippen molar-refractivity contribution < 1.29 is 4.79 Å². The maximum Gasteiger partial charge on any atom is 0.235 e. The zero-order valence-electron chi connectivity index (χ0n) is 11.3. The van der Waals surface area contributed by atoms with Crippen LogP contribution >= 0.6 is 57.7 Å². The van der Waals surface area contributed by atoms with Gasteiger partial charge in [-0.2, -0.15) is 0 Å². The number of benzene rings is 1. The molecule has 8 heteroatoms. The first-order valence-corrected chi connectivity index (χ1v) is 8.72. The van der Waals surface area contributed by atoms with Crippen molar-refractivity contribution in [2.75, 3.05) is 5.32 Å². The maximum atomic E-state index is 12.2. The number of halogens is 4. The smallest absolute Gasteiger partial charge is 0.235 e. The van der Waals surface area contributed by atoms with Crippen LogP contribution in [-0.4, -0.2) is 15.2 Å². The number of carbonyl (C=O) groups is 1. The summed E-state index contributed by atoms with van der Waals surface area (Å²) in [5.41, 5.74) is 0.648. The molecule has 116 valence electrons. The first kappa shape index (κ1) is 16.3. The van der Waals surface area contributed by atoms with Crippen molar-refractivity contribution in [1.82, 2.24) is 4.98 Å². The molecule has 0 unspecified atom stereocenters. The van der Waals surface area contributed by atoms with Crippen molar-refractivity contribution in [3.63, 3.8) is 0 Å². The van der Waals surface area contributed by atoms with Crippen LogP contribution in [0.1, 0.15) is 13.3 Å². The number of nitrogens with one attached hydrogen (secondary N) is 1. The van der Waals surface area contributed by atoms with Crippen LogP contribution in [0.5, 0.6) is 0 Å². The minimum absolute atomic E-state index is 0.236. The zero-order valence-corrected chi connectivity index (χ0v) is 15.1. The molecule has 22 heavy (non-hydrogen) atoms. The van der Waals surface area contributed by atoms with Crippen molar-refractivity contribution in [3.8, 4) is 11.3 Å². The van der Waals surface area contributed by atoms with Gasteiger partial charge < -0.3 is 5.32 Å². The van der Waals surface area contributed by atoms with Crippen LogP contribution in [0.25, 0.3) is 11.3 Å². The standard InChI is InChI=1S/C14H10Cl4N2OS/c1-13(6-14(13,17)18)11(21)20-12-19-10(5-22-12)8-3-2-7(15)4-9(8)16/h2-5H,6H2,1H3,(H,19,20,21)/t13-/m0/s1. The lowest BCUT2D eigenvalue weighted by atomic mass is 10.1. The number of anilines is 1. The monoisotopic (exact) mass is 394 g/mol. The molecule has 1 saturated carbocycles. The topological polar surface area (TPSA) is 42.0 Å². The van der Waals surface area contributed by atoms with E-state index in [1.807, 2.05) is 5.38 Å². The van der Waals surface area contributed by atoms with Crippen molar-refractivity contribution in [2.24, 2.45) is 5.41 Å².